The fourth-order valence-corrected chi connectivity index (χ4v) is 1.83. The molecule has 6 heteroatoms. The van der Waals surface area contributed by atoms with Crippen LogP contribution < -0.4 is 20.1 Å². The Bertz CT molecular complexity index is 556. The zero-order valence-corrected chi connectivity index (χ0v) is 13.8. The molecule has 126 valence electrons. The Labute approximate surface area is 136 Å². The van der Waals surface area contributed by atoms with Crippen molar-refractivity contribution in [3.05, 3.63) is 29.8 Å². The van der Waals surface area contributed by atoms with E-state index in [9.17, 15) is 9.59 Å². The summed E-state index contributed by atoms with van der Waals surface area (Å²) in [7, 11) is 0. The predicted octanol–water partition coefficient (Wildman–Crippen LogP) is 1.75. The molecule has 0 aliphatic heterocycles. The van der Waals surface area contributed by atoms with Gasteiger partial charge in [-0.15, -0.1) is 0 Å². The minimum absolute atomic E-state index is 0.0372. The van der Waals surface area contributed by atoms with Gasteiger partial charge in [0.25, 0.3) is 0 Å². The molecule has 23 heavy (non-hydrogen) atoms. The van der Waals surface area contributed by atoms with Crippen LogP contribution >= 0.6 is 0 Å². The van der Waals surface area contributed by atoms with E-state index in [0.29, 0.717) is 31.3 Å². The highest BCUT2D eigenvalue weighted by molar-refractivity contribution is 5.94. The van der Waals surface area contributed by atoms with Crippen molar-refractivity contribution in [1.82, 2.24) is 10.6 Å². The van der Waals surface area contributed by atoms with Gasteiger partial charge in [0.15, 0.2) is 11.5 Å². The van der Waals surface area contributed by atoms with Gasteiger partial charge in [-0.1, -0.05) is 6.07 Å². The molecule has 0 aliphatic carbocycles. The number of rotatable bonds is 9. The van der Waals surface area contributed by atoms with Crippen molar-refractivity contribution in [3.8, 4) is 11.5 Å². The number of hydrogen-bond acceptors (Lipinski definition) is 4. The highest BCUT2D eigenvalue weighted by Crippen LogP contribution is 2.28. The van der Waals surface area contributed by atoms with Crippen LogP contribution in [0, 0.1) is 0 Å². The van der Waals surface area contributed by atoms with Crippen molar-refractivity contribution < 1.29 is 19.1 Å². The summed E-state index contributed by atoms with van der Waals surface area (Å²) in [5.41, 5.74) is 0.810. The molecule has 1 rings (SSSR count). The summed E-state index contributed by atoms with van der Waals surface area (Å²) in [6.45, 7) is 7.20. The molecule has 0 atom stereocenters. The standard InChI is InChI=1S/C17H24N2O4/c1-4-18-17(21)12-19-16(20)10-8-13-7-9-14(22-5-2)15(11-13)23-6-3/h7-11H,4-6,12H2,1-3H3,(H,18,21)(H,19,20)/b10-8+. The third kappa shape index (κ3) is 6.86. The minimum Gasteiger partial charge on any atom is -0.490 e. The molecule has 2 N–H and O–H groups in total. The van der Waals surface area contributed by atoms with Crippen LogP contribution in [0.5, 0.6) is 11.5 Å². The first-order chi connectivity index (χ1) is 11.1. The van der Waals surface area contributed by atoms with Gasteiger partial charge in [0.1, 0.15) is 0 Å². The van der Waals surface area contributed by atoms with E-state index in [1.54, 1.807) is 12.1 Å². The lowest BCUT2D eigenvalue weighted by Crippen LogP contribution is -2.35. The fourth-order valence-electron chi connectivity index (χ4n) is 1.83. The molecule has 1 aromatic rings. The highest BCUT2D eigenvalue weighted by Gasteiger charge is 2.05. The first-order valence-electron chi connectivity index (χ1n) is 7.72. The van der Waals surface area contributed by atoms with Crippen LogP contribution in [-0.4, -0.2) is 38.1 Å². The largest absolute Gasteiger partial charge is 0.490 e. The maximum Gasteiger partial charge on any atom is 0.244 e. The number of amides is 2. The van der Waals surface area contributed by atoms with E-state index >= 15 is 0 Å². The van der Waals surface area contributed by atoms with E-state index in [0.717, 1.165) is 5.56 Å². The van der Waals surface area contributed by atoms with Gasteiger partial charge < -0.3 is 20.1 Å². The van der Waals surface area contributed by atoms with Crippen LogP contribution in [0.2, 0.25) is 0 Å². The quantitative estimate of drug-likeness (QED) is 0.680. The Morgan fingerprint density at radius 1 is 1.04 bits per heavy atom. The molecule has 0 spiro atoms. The smallest absolute Gasteiger partial charge is 0.244 e. The molecule has 0 radical (unpaired) electrons. The Hall–Kier alpha value is -2.50. The van der Waals surface area contributed by atoms with E-state index in [2.05, 4.69) is 10.6 Å². The molecule has 0 aromatic heterocycles. The summed E-state index contributed by atoms with van der Waals surface area (Å²) in [6.07, 6.45) is 3.04. The molecule has 0 aliphatic rings. The van der Waals surface area contributed by atoms with Gasteiger partial charge in [-0.05, 0) is 44.5 Å². The van der Waals surface area contributed by atoms with Gasteiger partial charge in [0.05, 0.1) is 19.8 Å². The number of carbonyl (C=O) groups is 2. The lowest BCUT2D eigenvalue weighted by molar-refractivity contribution is -0.123. The molecular formula is C17H24N2O4. The Morgan fingerprint density at radius 3 is 2.39 bits per heavy atom. The first kappa shape index (κ1) is 18.5. The van der Waals surface area contributed by atoms with Gasteiger partial charge in [-0.3, -0.25) is 9.59 Å². The summed E-state index contributed by atoms with van der Waals surface area (Å²) in [4.78, 5) is 22.9. The van der Waals surface area contributed by atoms with Gasteiger partial charge in [-0.25, -0.2) is 0 Å². The van der Waals surface area contributed by atoms with Crippen molar-refractivity contribution in [2.45, 2.75) is 20.8 Å². The summed E-state index contributed by atoms with van der Waals surface area (Å²) in [6, 6.07) is 5.45. The average Bonchev–Trinajstić information content (AvgIpc) is 2.54. The SMILES string of the molecule is CCNC(=O)CNC(=O)/C=C/c1ccc(OCC)c(OCC)c1. The number of carbonyl (C=O) groups excluding carboxylic acids is 2. The number of nitrogens with one attached hydrogen (secondary N) is 2. The molecular weight excluding hydrogens is 296 g/mol. The van der Waals surface area contributed by atoms with Crippen LogP contribution in [0.25, 0.3) is 6.08 Å². The van der Waals surface area contributed by atoms with E-state index in [1.165, 1.54) is 6.08 Å². The molecule has 0 heterocycles. The van der Waals surface area contributed by atoms with Gasteiger partial charge in [0, 0.05) is 12.6 Å². The summed E-state index contributed by atoms with van der Waals surface area (Å²) < 4.78 is 11.0. The second kappa shape index (κ2) is 10.3. The number of benzene rings is 1. The van der Waals surface area contributed by atoms with Crippen molar-refractivity contribution in [2.24, 2.45) is 0 Å². The summed E-state index contributed by atoms with van der Waals surface area (Å²) in [5, 5.41) is 5.12. The topological polar surface area (TPSA) is 76.7 Å². The lowest BCUT2D eigenvalue weighted by Gasteiger charge is -2.11. The van der Waals surface area contributed by atoms with Crippen molar-refractivity contribution in [3.63, 3.8) is 0 Å². The second-order valence-corrected chi connectivity index (χ2v) is 4.58. The van der Waals surface area contributed by atoms with E-state index < -0.39 is 0 Å². The molecule has 0 bridgehead atoms. The maximum absolute atomic E-state index is 11.7. The van der Waals surface area contributed by atoms with E-state index in [1.807, 2.05) is 32.9 Å². The molecule has 0 saturated carbocycles. The fraction of sp³-hybridized carbons (Fsp3) is 0.412. The van der Waals surface area contributed by atoms with Crippen molar-refractivity contribution in [2.75, 3.05) is 26.3 Å². The molecule has 6 nitrogen and oxygen atoms in total. The monoisotopic (exact) mass is 320 g/mol. The second-order valence-electron chi connectivity index (χ2n) is 4.58. The number of ether oxygens (including phenoxy) is 2. The molecule has 0 saturated heterocycles. The third-order valence-electron chi connectivity index (χ3n) is 2.79. The molecule has 0 unspecified atom stereocenters. The Kier molecular flexibility index (Phi) is 8.28. The minimum atomic E-state index is -0.330. The van der Waals surface area contributed by atoms with Crippen molar-refractivity contribution >= 4 is 17.9 Å². The van der Waals surface area contributed by atoms with Crippen LogP contribution in [0.1, 0.15) is 26.3 Å². The lowest BCUT2D eigenvalue weighted by atomic mass is 10.2. The number of hydrogen-bond donors (Lipinski definition) is 2. The predicted molar refractivity (Wildman–Crippen MR) is 89.5 cm³/mol. The van der Waals surface area contributed by atoms with E-state index in [-0.39, 0.29) is 18.4 Å². The van der Waals surface area contributed by atoms with E-state index in [4.69, 9.17) is 9.47 Å². The number of likely N-dealkylation sites (N-methyl/N-ethyl adjacent to an activating group) is 1. The summed E-state index contributed by atoms with van der Waals surface area (Å²) in [5.74, 6) is 0.767. The molecule has 0 fully saturated rings. The molecule has 1 aromatic carbocycles. The maximum atomic E-state index is 11.7. The van der Waals surface area contributed by atoms with Gasteiger partial charge in [0.2, 0.25) is 11.8 Å². The molecule has 2 amide bonds. The van der Waals surface area contributed by atoms with Crippen LogP contribution in [0.4, 0.5) is 0 Å². The van der Waals surface area contributed by atoms with Crippen LogP contribution in [-0.2, 0) is 9.59 Å². The van der Waals surface area contributed by atoms with Crippen LogP contribution in [0.15, 0.2) is 24.3 Å². The van der Waals surface area contributed by atoms with Crippen LogP contribution in [0.3, 0.4) is 0 Å². The third-order valence-corrected chi connectivity index (χ3v) is 2.79. The Morgan fingerprint density at radius 2 is 1.74 bits per heavy atom. The zero-order valence-electron chi connectivity index (χ0n) is 13.8. The van der Waals surface area contributed by atoms with Gasteiger partial charge >= 0.3 is 0 Å². The Balaban J connectivity index is 2.66. The highest BCUT2D eigenvalue weighted by atomic mass is 16.5. The first-order valence-corrected chi connectivity index (χ1v) is 7.72. The summed E-state index contributed by atoms with van der Waals surface area (Å²) >= 11 is 0. The average molecular weight is 320 g/mol. The normalized spacial score (nSPS) is 10.4. The zero-order chi connectivity index (χ0) is 17.1. The van der Waals surface area contributed by atoms with Crippen molar-refractivity contribution in [1.29, 1.82) is 0 Å². The van der Waals surface area contributed by atoms with Gasteiger partial charge in [-0.2, -0.15) is 0 Å².